The van der Waals surface area contributed by atoms with Gasteiger partial charge in [-0.05, 0) is 23.8 Å². The van der Waals surface area contributed by atoms with Crippen molar-refractivity contribution in [1.29, 1.82) is 0 Å². The number of hydrogen-bond donors (Lipinski definition) is 0. The summed E-state index contributed by atoms with van der Waals surface area (Å²) >= 11 is 3.32. The fourth-order valence-corrected chi connectivity index (χ4v) is 1.43. The molecule has 0 fully saturated rings. The zero-order valence-electron chi connectivity index (χ0n) is 6.51. The summed E-state index contributed by atoms with van der Waals surface area (Å²) in [5.41, 5.74) is 1.76. The van der Waals surface area contributed by atoms with Crippen molar-refractivity contribution < 1.29 is 5.11 Å². The molecule has 0 saturated heterocycles. The highest BCUT2D eigenvalue weighted by Crippen LogP contribution is 2.16. The summed E-state index contributed by atoms with van der Waals surface area (Å²) in [7, 11) is 0. The highest BCUT2D eigenvalue weighted by molar-refractivity contribution is 9.10. The Hall–Kier alpha value is -0.780. The van der Waals surface area contributed by atoms with Gasteiger partial charge in [-0.1, -0.05) is 21.9 Å². The largest absolute Gasteiger partial charge is 0.236 e. The molecule has 0 bridgehead atoms. The predicted octanol–water partition coefficient (Wildman–Crippen LogP) is 2.40. The minimum absolute atomic E-state index is 0.120. The molecule has 2 heteroatoms. The molecule has 0 heterocycles. The van der Waals surface area contributed by atoms with E-state index < -0.39 is 0 Å². The zero-order valence-corrected chi connectivity index (χ0v) is 8.10. The zero-order chi connectivity index (χ0) is 8.97. The fourth-order valence-electron chi connectivity index (χ4n) is 1.02. The van der Waals surface area contributed by atoms with E-state index in [-0.39, 0.29) is 6.61 Å². The second-order valence-electron chi connectivity index (χ2n) is 2.40. The third kappa shape index (κ3) is 2.10. The van der Waals surface area contributed by atoms with E-state index in [1.54, 1.807) is 0 Å². The van der Waals surface area contributed by atoms with Crippen LogP contribution in [0.1, 0.15) is 11.1 Å². The molecule has 0 spiro atoms. The van der Waals surface area contributed by atoms with Crippen LogP contribution in [0.3, 0.4) is 0 Å². The normalized spacial score (nSPS) is 9.42. The average molecular weight is 224 g/mol. The number of rotatable bonds is 2. The van der Waals surface area contributed by atoms with Crippen molar-refractivity contribution >= 4 is 15.9 Å². The monoisotopic (exact) mass is 223 g/mol. The Bertz CT molecular complexity index is 312. The Morgan fingerprint density at radius 2 is 2.25 bits per heavy atom. The molecule has 61 valence electrons. The van der Waals surface area contributed by atoms with Crippen LogP contribution in [0.5, 0.6) is 0 Å². The average Bonchev–Trinajstić information content (AvgIpc) is 2.05. The maximum atomic E-state index is 10.4. The summed E-state index contributed by atoms with van der Waals surface area (Å²) < 4.78 is 0.963. The number of hydrogen-bond acceptors (Lipinski definition) is 0. The van der Waals surface area contributed by atoms with Crippen LogP contribution in [0.15, 0.2) is 22.7 Å². The summed E-state index contributed by atoms with van der Waals surface area (Å²) in [6.45, 7) is -0.120. The first-order valence-corrected chi connectivity index (χ1v) is 4.40. The Morgan fingerprint density at radius 3 is 2.83 bits per heavy atom. The van der Waals surface area contributed by atoms with E-state index in [9.17, 15) is 5.11 Å². The molecule has 1 rings (SSSR count). The van der Waals surface area contributed by atoms with E-state index in [1.807, 2.05) is 18.2 Å². The van der Waals surface area contributed by atoms with Crippen molar-refractivity contribution in [3.05, 3.63) is 33.8 Å². The first kappa shape index (κ1) is 9.31. The lowest BCUT2D eigenvalue weighted by molar-refractivity contribution is 0.197. The third-order valence-electron chi connectivity index (χ3n) is 1.59. The molecule has 0 atom stereocenters. The van der Waals surface area contributed by atoms with E-state index in [1.165, 1.54) is 0 Å². The van der Waals surface area contributed by atoms with Crippen molar-refractivity contribution in [3.8, 4) is 12.3 Å². The molecule has 0 unspecified atom stereocenters. The molecule has 12 heavy (non-hydrogen) atoms. The van der Waals surface area contributed by atoms with Crippen LogP contribution in [0.25, 0.3) is 0 Å². The van der Waals surface area contributed by atoms with Gasteiger partial charge in [0, 0.05) is 16.5 Å². The molecule has 0 aromatic heterocycles. The summed E-state index contributed by atoms with van der Waals surface area (Å²) in [6, 6.07) is 5.62. The molecule has 0 saturated carbocycles. The van der Waals surface area contributed by atoms with Crippen molar-refractivity contribution in [2.75, 3.05) is 6.61 Å². The third-order valence-corrected chi connectivity index (χ3v) is 2.09. The van der Waals surface area contributed by atoms with Gasteiger partial charge >= 0.3 is 0 Å². The fraction of sp³-hybridized carbons (Fsp3) is 0.200. The van der Waals surface area contributed by atoms with Crippen LogP contribution in [0.2, 0.25) is 0 Å². The van der Waals surface area contributed by atoms with Crippen LogP contribution in [-0.2, 0) is 11.5 Å². The lowest BCUT2D eigenvalue weighted by atomic mass is 10.1. The maximum Gasteiger partial charge on any atom is 0.0863 e. The first-order valence-electron chi connectivity index (χ1n) is 3.61. The van der Waals surface area contributed by atoms with Crippen LogP contribution in [0.4, 0.5) is 0 Å². The first-order chi connectivity index (χ1) is 5.77. The molecule has 0 aliphatic heterocycles. The van der Waals surface area contributed by atoms with Gasteiger partial charge in [0.1, 0.15) is 0 Å². The van der Waals surface area contributed by atoms with Crippen molar-refractivity contribution in [2.45, 2.75) is 6.42 Å². The highest BCUT2D eigenvalue weighted by atomic mass is 79.9. The van der Waals surface area contributed by atoms with Crippen LogP contribution in [-0.4, -0.2) is 6.61 Å². The number of terminal acetylenes is 1. The Morgan fingerprint density at radius 1 is 1.50 bits per heavy atom. The molecular weight excluding hydrogens is 216 g/mol. The molecular formula is C10H8BrO. The smallest absolute Gasteiger partial charge is 0.0863 e. The van der Waals surface area contributed by atoms with Gasteiger partial charge in [-0.2, -0.15) is 0 Å². The van der Waals surface area contributed by atoms with Gasteiger partial charge < -0.3 is 0 Å². The maximum absolute atomic E-state index is 10.4. The quantitative estimate of drug-likeness (QED) is 0.687. The van der Waals surface area contributed by atoms with Gasteiger partial charge in [-0.15, -0.1) is 6.42 Å². The molecule has 1 radical (unpaired) electrons. The summed E-state index contributed by atoms with van der Waals surface area (Å²) in [6.07, 6.45) is 5.76. The van der Waals surface area contributed by atoms with E-state index in [0.29, 0.717) is 6.42 Å². The van der Waals surface area contributed by atoms with Gasteiger partial charge in [0.05, 0.1) is 6.61 Å². The minimum atomic E-state index is -0.120. The Balaban J connectivity index is 3.06. The summed E-state index contributed by atoms with van der Waals surface area (Å²) in [4.78, 5) is 0. The standard InChI is InChI=1S/C10H8BrO/c1-2-8-3-4-10(11)7-9(8)5-6-12/h1,3-4,7H,5-6H2. The molecule has 0 amide bonds. The minimum Gasteiger partial charge on any atom is -0.236 e. The van der Waals surface area contributed by atoms with E-state index >= 15 is 0 Å². The predicted molar refractivity (Wildman–Crippen MR) is 51.3 cm³/mol. The SMILES string of the molecule is C#Cc1ccc(Br)cc1CC[O]. The summed E-state index contributed by atoms with van der Waals surface area (Å²) in [5.74, 6) is 2.55. The van der Waals surface area contributed by atoms with Crippen molar-refractivity contribution in [2.24, 2.45) is 0 Å². The number of benzene rings is 1. The van der Waals surface area contributed by atoms with E-state index in [2.05, 4.69) is 21.9 Å². The Labute approximate surface area is 80.6 Å². The summed E-state index contributed by atoms with van der Waals surface area (Å²) in [5, 5.41) is 10.4. The van der Waals surface area contributed by atoms with E-state index in [4.69, 9.17) is 6.42 Å². The second-order valence-corrected chi connectivity index (χ2v) is 3.32. The molecule has 1 aromatic carbocycles. The second kappa shape index (κ2) is 4.30. The van der Waals surface area contributed by atoms with Gasteiger partial charge in [0.2, 0.25) is 0 Å². The highest BCUT2D eigenvalue weighted by Gasteiger charge is 1.99. The van der Waals surface area contributed by atoms with Crippen LogP contribution < -0.4 is 0 Å². The van der Waals surface area contributed by atoms with Gasteiger partial charge in [-0.3, -0.25) is 0 Å². The van der Waals surface area contributed by atoms with Gasteiger partial charge in [0.15, 0.2) is 0 Å². The van der Waals surface area contributed by atoms with Gasteiger partial charge in [0.25, 0.3) is 0 Å². The van der Waals surface area contributed by atoms with E-state index in [0.717, 1.165) is 15.6 Å². The van der Waals surface area contributed by atoms with Crippen molar-refractivity contribution in [1.82, 2.24) is 0 Å². The molecule has 1 nitrogen and oxygen atoms in total. The van der Waals surface area contributed by atoms with Crippen molar-refractivity contribution in [3.63, 3.8) is 0 Å². The lowest BCUT2D eigenvalue weighted by Gasteiger charge is -2.01. The van der Waals surface area contributed by atoms with Gasteiger partial charge in [-0.25, -0.2) is 5.11 Å². The molecule has 0 N–H and O–H groups in total. The van der Waals surface area contributed by atoms with Crippen LogP contribution in [0, 0.1) is 12.3 Å². The Kier molecular flexibility index (Phi) is 3.33. The lowest BCUT2D eigenvalue weighted by Crippen LogP contribution is -1.93. The topological polar surface area (TPSA) is 19.9 Å². The molecule has 0 aliphatic carbocycles. The number of halogens is 1. The molecule has 1 aromatic rings. The van der Waals surface area contributed by atoms with Crippen LogP contribution >= 0.6 is 15.9 Å². The molecule has 0 aliphatic rings.